The highest BCUT2D eigenvalue weighted by Gasteiger charge is 2.49. The number of carboxylic acid groups (broad SMARTS) is 1. The Balaban J connectivity index is 2.13. The Kier molecular flexibility index (Phi) is 7.83. The Bertz CT molecular complexity index is 889. The number of carboxylic acids is 1. The van der Waals surface area contributed by atoms with Crippen LogP contribution >= 0.6 is 0 Å². The van der Waals surface area contributed by atoms with Gasteiger partial charge in [0.25, 0.3) is 0 Å². The molecule has 2 aliphatic rings. The molecule has 0 aromatic heterocycles. The standard InChI is InChI=1S/C19H26O15/c20-2-6-10(24)12(26)14(28)17(32-6)8-4(18(30)31)1-5(22)9(23)16(8)34-19-15(29)13(27)11(25)7(3-21)33-19/h1,6-7,10-15,17,19-29H,2-3H2,(H,30,31)/t6-,7-,10-,11-,12+,13+,14-,15-,17?,19?/m1/s1. The highest BCUT2D eigenvalue weighted by Crippen LogP contribution is 2.48. The molecule has 0 saturated carbocycles. The van der Waals surface area contributed by atoms with Gasteiger partial charge in [0.15, 0.2) is 11.5 Å². The first-order chi connectivity index (χ1) is 15.9. The zero-order valence-electron chi connectivity index (χ0n) is 17.3. The van der Waals surface area contributed by atoms with E-state index < -0.39 is 109 Å². The highest BCUT2D eigenvalue weighted by molar-refractivity contribution is 5.92. The van der Waals surface area contributed by atoms with Gasteiger partial charge in [-0.25, -0.2) is 4.79 Å². The largest absolute Gasteiger partial charge is 0.504 e. The number of aromatic carboxylic acids is 1. The van der Waals surface area contributed by atoms with Crippen molar-refractivity contribution in [3.05, 3.63) is 17.2 Å². The molecule has 0 bridgehead atoms. The first-order valence-electron chi connectivity index (χ1n) is 10.0. The molecule has 1 aromatic rings. The average Bonchev–Trinajstić information content (AvgIpc) is 2.81. The summed E-state index contributed by atoms with van der Waals surface area (Å²) in [5.41, 5.74) is -1.49. The second kappa shape index (κ2) is 10.1. The number of benzene rings is 1. The van der Waals surface area contributed by atoms with Crippen LogP contribution in [0.15, 0.2) is 6.07 Å². The minimum absolute atomic E-state index is 0.578. The SMILES string of the molecule is O=C(O)c1cc(O)c(O)c(OC2O[C@H](CO)[C@@H](O)[C@H](O)[C@H]2O)c1C1O[C@H](CO)[C@@H](O)[C@H](O)[C@H]1O. The number of aliphatic hydroxyl groups excluding tert-OH is 8. The van der Waals surface area contributed by atoms with Crippen LogP contribution < -0.4 is 4.74 Å². The third-order valence-electron chi connectivity index (χ3n) is 5.76. The maximum absolute atomic E-state index is 11.9. The molecule has 15 heteroatoms. The molecule has 0 aliphatic carbocycles. The van der Waals surface area contributed by atoms with Gasteiger partial charge in [-0.1, -0.05) is 0 Å². The molecule has 2 unspecified atom stereocenters. The summed E-state index contributed by atoms with van der Waals surface area (Å²) < 4.78 is 15.9. The van der Waals surface area contributed by atoms with Crippen molar-refractivity contribution in [2.24, 2.45) is 0 Å². The lowest BCUT2D eigenvalue weighted by Gasteiger charge is -2.42. The molecular formula is C19H26O15. The molecule has 15 nitrogen and oxygen atoms in total. The maximum Gasteiger partial charge on any atom is 0.336 e. The summed E-state index contributed by atoms with van der Waals surface area (Å²) in [5.74, 6) is -4.79. The van der Waals surface area contributed by atoms with Gasteiger partial charge in [0, 0.05) is 5.56 Å². The summed E-state index contributed by atoms with van der Waals surface area (Å²) in [4.78, 5) is 11.9. The van der Waals surface area contributed by atoms with Crippen molar-refractivity contribution in [2.45, 2.75) is 61.2 Å². The predicted octanol–water partition coefficient (Wildman–Crippen LogP) is -4.51. The number of hydrogen-bond acceptors (Lipinski definition) is 14. The van der Waals surface area contributed by atoms with E-state index in [0.29, 0.717) is 6.07 Å². The van der Waals surface area contributed by atoms with Crippen molar-refractivity contribution in [3.8, 4) is 17.2 Å². The maximum atomic E-state index is 11.9. The summed E-state index contributed by atoms with van der Waals surface area (Å²) >= 11 is 0. The monoisotopic (exact) mass is 494 g/mol. The predicted molar refractivity (Wildman–Crippen MR) is 104 cm³/mol. The van der Waals surface area contributed by atoms with Crippen molar-refractivity contribution >= 4 is 5.97 Å². The van der Waals surface area contributed by atoms with Crippen LogP contribution in [0.3, 0.4) is 0 Å². The molecule has 0 radical (unpaired) electrons. The van der Waals surface area contributed by atoms with E-state index in [4.69, 9.17) is 14.2 Å². The van der Waals surface area contributed by atoms with Crippen LogP contribution in [0.2, 0.25) is 0 Å². The van der Waals surface area contributed by atoms with Crippen LogP contribution in [0.1, 0.15) is 22.0 Å². The van der Waals surface area contributed by atoms with E-state index in [2.05, 4.69) is 0 Å². The lowest BCUT2D eigenvalue weighted by Crippen LogP contribution is -2.60. The summed E-state index contributed by atoms with van der Waals surface area (Å²) in [6.45, 7) is -1.70. The lowest BCUT2D eigenvalue weighted by atomic mass is 9.88. The molecule has 0 spiro atoms. The van der Waals surface area contributed by atoms with Crippen LogP contribution in [0.25, 0.3) is 0 Å². The number of aromatic hydroxyl groups is 2. The molecule has 2 fully saturated rings. The number of rotatable bonds is 6. The van der Waals surface area contributed by atoms with Crippen LogP contribution in [-0.4, -0.2) is 130 Å². The second-order valence-corrected chi connectivity index (χ2v) is 7.90. The molecular weight excluding hydrogens is 468 g/mol. The van der Waals surface area contributed by atoms with Crippen molar-refractivity contribution in [3.63, 3.8) is 0 Å². The minimum atomic E-state index is -2.03. The van der Waals surface area contributed by atoms with Gasteiger partial charge >= 0.3 is 5.97 Å². The Morgan fingerprint density at radius 2 is 1.35 bits per heavy atom. The quantitative estimate of drug-likeness (QED) is 0.166. The Labute approximate surface area is 190 Å². The molecule has 34 heavy (non-hydrogen) atoms. The molecule has 2 heterocycles. The Hall–Kier alpha value is -2.31. The van der Waals surface area contributed by atoms with Crippen LogP contribution in [-0.2, 0) is 9.47 Å². The first kappa shape index (κ1) is 26.3. The third kappa shape index (κ3) is 4.50. The van der Waals surface area contributed by atoms with Gasteiger partial charge in [-0.05, 0) is 6.07 Å². The van der Waals surface area contributed by atoms with E-state index in [9.17, 15) is 61.0 Å². The number of phenols is 2. The molecule has 10 atom stereocenters. The van der Waals surface area contributed by atoms with E-state index in [1.54, 1.807) is 0 Å². The van der Waals surface area contributed by atoms with E-state index in [1.807, 2.05) is 0 Å². The molecule has 2 aliphatic heterocycles. The molecule has 3 rings (SSSR count). The van der Waals surface area contributed by atoms with Crippen molar-refractivity contribution in [1.82, 2.24) is 0 Å². The summed E-state index contributed by atoms with van der Waals surface area (Å²) in [6, 6.07) is 0.578. The lowest BCUT2D eigenvalue weighted by molar-refractivity contribution is -0.278. The van der Waals surface area contributed by atoms with Crippen LogP contribution in [0.4, 0.5) is 0 Å². The fourth-order valence-corrected chi connectivity index (χ4v) is 3.85. The number of ether oxygens (including phenoxy) is 3. The molecule has 192 valence electrons. The summed E-state index contributed by atoms with van der Waals surface area (Å²) in [6.07, 6.45) is -18.2. The van der Waals surface area contributed by atoms with E-state index in [1.165, 1.54) is 0 Å². The van der Waals surface area contributed by atoms with Gasteiger partial charge < -0.3 is 70.4 Å². The van der Waals surface area contributed by atoms with Gasteiger partial charge in [0.05, 0.1) is 18.8 Å². The third-order valence-corrected chi connectivity index (χ3v) is 5.76. The smallest absolute Gasteiger partial charge is 0.336 e. The number of carbonyl (C=O) groups is 1. The van der Waals surface area contributed by atoms with Gasteiger partial charge in [-0.15, -0.1) is 0 Å². The number of hydrogen-bond donors (Lipinski definition) is 11. The normalized spacial score (nSPS) is 38.5. The average molecular weight is 494 g/mol. The van der Waals surface area contributed by atoms with Crippen molar-refractivity contribution in [2.75, 3.05) is 13.2 Å². The Morgan fingerprint density at radius 3 is 1.88 bits per heavy atom. The van der Waals surface area contributed by atoms with E-state index >= 15 is 0 Å². The van der Waals surface area contributed by atoms with Crippen LogP contribution in [0, 0.1) is 0 Å². The summed E-state index contributed by atoms with van der Waals surface area (Å²) in [7, 11) is 0. The van der Waals surface area contributed by atoms with E-state index in [-0.39, 0.29) is 0 Å². The van der Waals surface area contributed by atoms with Crippen molar-refractivity contribution < 1.29 is 75.2 Å². The van der Waals surface area contributed by atoms with Crippen molar-refractivity contribution in [1.29, 1.82) is 0 Å². The topological polar surface area (TPSA) is 267 Å². The van der Waals surface area contributed by atoms with Crippen LogP contribution in [0.5, 0.6) is 17.2 Å². The number of aliphatic hydroxyl groups is 8. The molecule has 1 aromatic carbocycles. The van der Waals surface area contributed by atoms with Gasteiger partial charge in [-0.3, -0.25) is 0 Å². The molecule has 11 N–H and O–H groups in total. The van der Waals surface area contributed by atoms with Gasteiger partial charge in [0.2, 0.25) is 12.0 Å². The van der Waals surface area contributed by atoms with Gasteiger partial charge in [0.1, 0.15) is 54.9 Å². The van der Waals surface area contributed by atoms with Gasteiger partial charge in [-0.2, -0.15) is 0 Å². The minimum Gasteiger partial charge on any atom is -0.504 e. The first-order valence-corrected chi connectivity index (χ1v) is 10.0. The highest BCUT2D eigenvalue weighted by atomic mass is 16.7. The second-order valence-electron chi connectivity index (χ2n) is 7.90. The fourth-order valence-electron chi connectivity index (χ4n) is 3.85. The van der Waals surface area contributed by atoms with E-state index in [0.717, 1.165) is 0 Å². The summed E-state index contributed by atoms with van der Waals surface area (Å²) in [5, 5.41) is 110. The number of phenolic OH excluding ortho intramolecular Hbond substituents is 2. The molecule has 2 saturated heterocycles. The zero-order valence-corrected chi connectivity index (χ0v) is 17.3. The Morgan fingerprint density at radius 1 is 0.824 bits per heavy atom. The zero-order chi connectivity index (χ0) is 25.5. The fraction of sp³-hybridized carbons (Fsp3) is 0.632. The molecule has 0 amide bonds.